The van der Waals surface area contributed by atoms with Crippen LogP contribution in [0.5, 0.6) is 0 Å². The standard InChI is InChI=1S/C19H18ClFN2O3/c1-10-18(12-5-3-4-6-16(12)23(10)2)19(26)22-15-9-14(21)11(7-13(15)20)8-17(24)25/h3-7,9-10,18H,8H2,1-2H3,(H,22,26)(H,24,25). The normalized spacial score (nSPS) is 18.5. The molecule has 0 fully saturated rings. The van der Waals surface area contributed by atoms with Crippen molar-refractivity contribution < 1.29 is 19.1 Å². The van der Waals surface area contributed by atoms with E-state index >= 15 is 0 Å². The van der Waals surface area contributed by atoms with Crippen LogP contribution < -0.4 is 10.2 Å². The number of likely N-dealkylation sites (N-methyl/N-ethyl adjacent to an activating group) is 1. The first-order valence-electron chi connectivity index (χ1n) is 8.12. The van der Waals surface area contributed by atoms with Gasteiger partial charge in [-0.15, -0.1) is 0 Å². The van der Waals surface area contributed by atoms with Gasteiger partial charge in [-0.25, -0.2) is 4.39 Å². The Hall–Kier alpha value is -2.60. The number of nitrogens with one attached hydrogen (secondary N) is 1. The average Bonchev–Trinajstić information content (AvgIpc) is 2.83. The Morgan fingerprint density at radius 1 is 1.31 bits per heavy atom. The Morgan fingerprint density at radius 2 is 2.00 bits per heavy atom. The number of anilines is 2. The molecule has 2 N–H and O–H groups in total. The van der Waals surface area contributed by atoms with Crippen LogP contribution in [-0.4, -0.2) is 30.1 Å². The number of amides is 1. The summed E-state index contributed by atoms with van der Waals surface area (Å²) < 4.78 is 14.1. The molecule has 7 heteroatoms. The van der Waals surface area contributed by atoms with Gasteiger partial charge in [0.15, 0.2) is 0 Å². The topological polar surface area (TPSA) is 69.6 Å². The maximum Gasteiger partial charge on any atom is 0.307 e. The molecule has 26 heavy (non-hydrogen) atoms. The largest absolute Gasteiger partial charge is 0.481 e. The highest BCUT2D eigenvalue weighted by atomic mass is 35.5. The van der Waals surface area contributed by atoms with Crippen LogP contribution in [0.3, 0.4) is 0 Å². The summed E-state index contributed by atoms with van der Waals surface area (Å²) in [5.41, 5.74) is 1.98. The Labute approximate surface area is 155 Å². The molecule has 136 valence electrons. The van der Waals surface area contributed by atoms with Gasteiger partial charge in [0, 0.05) is 24.3 Å². The van der Waals surface area contributed by atoms with Crippen molar-refractivity contribution in [3.05, 3.63) is 58.4 Å². The molecule has 3 rings (SSSR count). The second-order valence-electron chi connectivity index (χ2n) is 6.37. The number of carboxylic acids is 1. The van der Waals surface area contributed by atoms with E-state index in [4.69, 9.17) is 16.7 Å². The fourth-order valence-corrected chi connectivity index (χ4v) is 3.56. The monoisotopic (exact) mass is 376 g/mol. The first-order chi connectivity index (χ1) is 12.3. The summed E-state index contributed by atoms with van der Waals surface area (Å²) in [6, 6.07) is 9.87. The van der Waals surface area contributed by atoms with Crippen molar-refractivity contribution in [2.24, 2.45) is 0 Å². The van der Waals surface area contributed by atoms with Gasteiger partial charge in [0.1, 0.15) is 5.82 Å². The highest BCUT2D eigenvalue weighted by molar-refractivity contribution is 6.33. The van der Waals surface area contributed by atoms with E-state index < -0.39 is 24.1 Å². The first kappa shape index (κ1) is 18.2. The number of hydrogen-bond donors (Lipinski definition) is 2. The third-order valence-corrected chi connectivity index (χ3v) is 5.08. The number of carbonyl (C=O) groups excluding carboxylic acids is 1. The Balaban J connectivity index is 1.87. The number of rotatable bonds is 4. The lowest BCUT2D eigenvalue weighted by Crippen LogP contribution is -2.33. The number of para-hydroxylation sites is 1. The number of nitrogens with zero attached hydrogens (tertiary/aromatic N) is 1. The number of aliphatic carboxylic acids is 1. The zero-order valence-corrected chi connectivity index (χ0v) is 15.0. The zero-order chi connectivity index (χ0) is 19.0. The van der Waals surface area contributed by atoms with Crippen LogP contribution in [0.25, 0.3) is 0 Å². The van der Waals surface area contributed by atoms with E-state index in [1.165, 1.54) is 6.07 Å². The van der Waals surface area contributed by atoms with Crippen LogP contribution in [0.1, 0.15) is 24.0 Å². The van der Waals surface area contributed by atoms with Crippen molar-refractivity contribution >= 4 is 34.9 Å². The molecule has 2 aromatic carbocycles. The maximum atomic E-state index is 14.1. The molecule has 0 spiro atoms. The predicted octanol–water partition coefficient (Wildman–Crippen LogP) is 3.67. The summed E-state index contributed by atoms with van der Waals surface area (Å²) in [5, 5.41) is 11.6. The van der Waals surface area contributed by atoms with E-state index in [2.05, 4.69) is 5.32 Å². The lowest BCUT2D eigenvalue weighted by atomic mass is 9.95. The second kappa shape index (κ2) is 6.96. The Kier molecular flexibility index (Phi) is 4.87. The molecule has 0 radical (unpaired) electrons. The SMILES string of the molecule is CC1C(C(=O)Nc2cc(F)c(CC(=O)O)cc2Cl)c2ccccc2N1C. The predicted molar refractivity (Wildman–Crippen MR) is 98.4 cm³/mol. The lowest BCUT2D eigenvalue weighted by molar-refractivity contribution is -0.136. The van der Waals surface area contributed by atoms with Gasteiger partial charge in [0.25, 0.3) is 0 Å². The molecule has 0 aliphatic carbocycles. The minimum atomic E-state index is -1.16. The summed E-state index contributed by atoms with van der Waals surface area (Å²) in [5.74, 6) is -2.59. The van der Waals surface area contributed by atoms with Crippen LogP contribution in [0.4, 0.5) is 15.8 Å². The number of fused-ring (bicyclic) bond motifs is 1. The molecule has 2 aromatic rings. The molecule has 1 aliphatic heterocycles. The third kappa shape index (κ3) is 3.24. The molecular weight excluding hydrogens is 359 g/mol. The highest BCUT2D eigenvalue weighted by Crippen LogP contribution is 2.40. The second-order valence-corrected chi connectivity index (χ2v) is 6.78. The average molecular weight is 377 g/mol. The lowest BCUT2D eigenvalue weighted by Gasteiger charge is -2.22. The number of benzene rings is 2. The molecule has 1 heterocycles. The number of halogens is 2. The third-order valence-electron chi connectivity index (χ3n) is 4.76. The smallest absolute Gasteiger partial charge is 0.307 e. The molecule has 5 nitrogen and oxygen atoms in total. The molecular formula is C19H18ClFN2O3. The van der Waals surface area contributed by atoms with Gasteiger partial charge in [-0.05, 0) is 30.7 Å². The quantitative estimate of drug-likeness (QED) is 0.854. The van der Waals surface area contributed by atoms with Crippen LogP contribution in [0.2, 0.25) is 5.02 Å². The minimum absolute atomic E-state index is 0.0280. The highest BCUT2D eigenvalue weighted by Gasteiger charge is 2.38. The van der Waals surface area contributed by atoms with E-state index in [1.54, 1.807) is 0 Å². The van der Waals surface area contributed by atoms with Gasteiger partial charge < -0.3 is 15.3 Å². The Morgan fingerprint density at radius 3 is 2.69 bits per heavy atom. The molecule has 0 bridgehead atoms. The number of hydrogen-bond acceptors (Lipinski definition) is 3. The van der Waals surface area contributed by atoms with Crippen LogP contribution >= 0.6 is 11.6 Å². The van der Waals surface area contributed by atoms with E-state index in [0.29, 0.717) is 0 Å². The fraction of sp³-hybridized carbons (Fsp3) is 0.263. The van der Waals surface area contributed by atoms with Gasteiger partial charge >= 0.3 is 5.97 Å². The molecule has 1 aliphatic rings. The van der Waals surface area contributed by atoms with Crippen molar-refractivity contribution in [3.8, 4) is 0 Å². The van der Waals surface area contributed by atoms with Gasteiger partial charge in [0.2, 0.25) is 5.91 Å². The summed E-state index contributed by atoms with van der Waals surface area (Å²) in [7, 11) is 1.92. The first-order valence-corrected chi connectivity index (χ1v) is 8.49. The molecule has 1 amide bonds. The maximum absolute atomic E-state index is 14.1. The van der Waals surface area contributed by atoms with Gasteiger partial charge in [-0.1, -0.05) is 29.8 Å². The van der Waals surface area contributed by atoms with Gasteiger partial charge in [-0.3, -0.25) is 9.59 Å². The summed E-state index contributed by atoms with van der Waals surface area (Å²) in [6.07, 6.45) is -0.475. The van der Waals surface area contributed by atoms with Crippen molar-refractivity contribution in [1.82, 2.24) is 0 Å². The van der Waals surface area contributed by atoms with E-state index in [1.807, 2.05) is 43.1 Å². The zero-order valence-electron chi connectivity index (χ0n) is 14.3. The van der Waals surface area contributed by atoms with Gasteiger partial charge in [-0.2, -0.15) is 0 Å². The van der Waals surface area contributed by atoms with Crippen LogP contribution in [0, 0.1) is 5.82 Å². The molecule has 0 saturated heterocycles. The van der Waals surface area contributed by atoms with E-state index in [9.17, 15) is 14.0 Å². The number of carbonyl (C=O) groups is 2. The molecule has 2 unspecified atom stereocenters. The molecule has 2 atom stereocenters. The van der Waals surface area contributed by atoms with Gasteiger partial charge in [0.05, 0.1) is 23.0 Å². The molecule has 0 saturated carbocycles. The number of carboxylic acid groups (broad SMARTS) is 1. The fourth-order valence-electron chi connectivity index (χ4n) is 3.33. The summed E-state index contributed by atoms with van der Waals surface area (Å²) in [6.45, 7) is 1.95. The van der Waals surface area contributed by atoms with Crippen LogP contribution in [-0.2, 0) is 16.0 Å². The minimum Gasteiger partial charge on any atom is -0.481 e. The summed E-state index contributed by atoms with van der Waals surface area (Å²) in [4.78, 5) is 25.6. The van der Waals surface area contributed by atoms with E-state index in [0.717, 1.165) is 17.3 Å². The van der Waals surface area contributed by atoms with Crippen molar-refractivity contribution in [2.45, 2.75) is 25.3 Å². The van der Waals surface area contributed by atoms with Crippen molar-refractivity contribution in [2.75, 3.05) is 17.3 Å². The Bertz CT molecular complexity index is 887. The van der Waals surface area contributed by atoms with Crippen molar-refractivity contribution in [1.29, 1.82) is 0 Å². The van der Waals surface area contributed by atoms with Crippen LogP contribution in [0.15, 0.2) is 36.4 Å². The molecule has 0 aromatic heterocycles. The summed E-state index contributed by atoms with van der Waals surface area (Å²) >= 11 is 6.12. The van der Waals surface area contributed by atoms with Crippen molar-refractivity contribution in [3.63, 3.8) is 0 Å². The van der Waals surface area contributed by atoms with E-state index in [-0.39, 0.29) is 28.2 Å².